The van der Waals surface area contributed by atoms with Crippen LogP contribution in [0.3, 0.4) is 0 Å². The van der Waals surface area contributed by atoms with Gasteiger partial charge in [-0.1, -0.05) is 109 Å². The summed E-state index contributed by atoms with van der Waals surface area (Å²) in [6.07, 6.45) is 32.2. The van der Waals surface area contributed by atoms with Gasteiger partial charge >= 0.3 is 17.9 Å². The molecular weight excluding hydrogens is 743 g/mol. The van der Waals surface area contributed by atoms with E-state index >= 15 is 0 Å². The Morgan fingerprint density at radius 3 is 1.56 bits per heavy atom. The van der Waals surface area contributed by atoms with Gasteiger partial charge in [-0.05, 0) is 109 Å². The van der Waals surface area contributed by atoms with Gasteiger partial charge in [0, 0.05) is 37.3 Å². The lowest BCUT2D eigenvalue weighted by Crippen LogP contribution is -2.22. The third-order valence-electron chi connectivity index (χ3n) is 10.2. The van der Waals surface area contributed by atoms with Crippen LogP contribution in [0.4, 0.5) is 0 Å². The predicted octanol–water partition coefficient (Wildman–Crippen LogP) is 12.6. The summed E-state index contributed by atoms with van der Waals surface area (Å²) < 4.78 is 29.0. The quantitative estimate of drug-likeness (QED) is 0.0278. The van der Waals surface area contributed by atoms with Crippen LogP contribution in [0.1, 0.15) is 186 Å². The van der Waals surface area contributed by atoms with Gasteiger partial charge in [0.2, 0.25) is 0 Å². The Kier molecular flexibility index (Phi) is 34.3. The zero-order valence-electron chi connectivity index (χ0n) is 38.5. The van der Waals surface area contributed by atoms with Gasteiger partial charge in [-0.25, -0.2) is 0 Å². The maximum atomic E-state index is 12.6. The Balaban J connectivity index is 2.42. The highest BCUT2D eigenvalue weighted by Gasteiger charge is 2.18. The number of nitrogens with zero attached hydrogens (tertiary/aromatic N) is 1. The summed E-state index contributed by atoms with van der Waals surface area (Å²) in [6.45, 7) is 11.0. The van der Waals surface area contributed by atoms with Crippen molar-refractivity contribution in [3.63, 3.8) is 0 Å². The molecule has 59 heavy (non-hydrogen) atoms. The predicted molar refractivity (Wildman–Crippen MR) is 242 cm³/mol. The van der Waals surface area contributed by atoms with Crippen molar-refractivity contribution in [2.24, 2.45) is 5.92 Å². The molecule has 0 saturated carbocycles. The minimum atomic E-state index is -0.312. The molecule has 0 aromatic heterocycles. The van der Waals surface area contributed by atoms with Crippen molar-refractivity contribution in [1.29, 1.82) is 0 Å². The number of hydrogen-bond acceptors (Lipinski definition) is 9. The molecule has 1 rings (SSSR count). The first-order valence-corrected chi connectivity index (χ1v) is 23.5. The molecule has 0 radical (unpaired) electrons. The van der Waals surface area contributed by atoms with Gasteiger partial charge in [0.15, 0.2) is 0 Å². The standard InChI is InChI=1S/C50H85NO8/c1-7-10-13-14-15-16-17-18-19-20-21-22-23-24-25-28-35-55-46-38-45(40-51(5)6)39-47(43(46)4)56-36-29-30-37-57-50(54)34-33-44(41-58-48(52)31-26-11-8-2)42-59-49(53)32-27-12-9-3/h15-16,18-19,38-39,44H,7-14,17,20-37,40-42H2,1-6H3. The van der Waals surface area contributed by atoms with Crippen LogP contribution in [0.2, 0.25) is 0 Å². The molecule has 1 aromatic carbocycles. The van der Waals surface area contributed by atoms with Crippen molar-refractivity contribution in [2.45, 2.75) is 188 Å². The molecular formula is C50H85NO8. The number of unbranched alkanes of at least 4 members (excludes halogenated alkanes) is 14. The second-order valence-electron chi connectivity index (χ2n) is 16.3. The number of benzene rings is 1. The van der Waals surface area contributed by atoms with Crippen LogP contribution in [-0.4, -0.2) is 69.9 Å². The van der Waals surface area contributed by atoms with Gasteiger partial charge < -0.3 is 28.6 Å². The number of esters is 3. The normalized spacial score (nSPS) is 11.6. The molecule has 0 saturated heterocycles. The Bertz CT molecular complexity index is 1250. The van der Waals surface area contributed by atoms with Crippen LogP contribution in [-0.2, 0) is 35.1 Å². The number of carbonyl (C=O) groups excluding carboxylic acids is 3. The molecule has 0 aliphatic heterocycles. The maximum absolute atomic E-state index is 12.6. The van der Waals surface area contributed by atoms with Crippen LogP contribution in [0.25, 0.3) is 0 Å². The average Bonchev–Trinajstić information content (AvgIpc) is 3.21. The van der Waals surface area contributed by atoms with E-state index in [9.17, 15) is 14.4 Å². The van der Waals surface area contributed by atoms with Crippen molar-refractivity contribution in [3.8, 4) is 11.5 Å². The zero-order valence-corrected chi connectivity index (χ0v) is 38.5. The Hall–Kier alpha value is -3.33. The van der Waals surface area contributed by atoms with E-state index in [1.54, 1.807) is 0 Å². The molecule has 0 aliphatic carbocycles. The fourth-order valence-corrected chi connectivity index (χ4v) is 6.53. The number of allylic oxidation sites excluding steroid dienone is 4. The molecule has 0 atom stereocenters. The smallest absolute Gasteiger partial charge is 0.305 e. The highest BCUT2D eigenvalue weighted by Crippen LogP contribution is 2.31. The number of rotatable bonds is 39. The van der Waals surface area contributed by atoms with Crippen molar-refractivity contribution < 1.29 is 38.1 Å². The third-order valence-corrected chi connectivity index (χ3v) is 10.2. The van der Waals surface area contributed by atoms with Crippen LogP contribution < -0.4 is 9.47 Å². The molecule has 0 bridgehead atoms. The maximum Gasteiger partial charge on any atom is 0.305 e. The molecule has 9 nitrogen and oxygen atoms in total. The second-order valence-corrected chi connectivity index (χ2v) is 16.3. The van der Waals surface area contributed by atoms with E-state index < -0.39 is 0 Å². The van der Waals surface area contributed by atoms with Gasteiger partial charge in [0.05, 0.1) is 33.0 Å². The topological polar surface area (TPSA) is 101 Å². The lowest BCUT2D eigenvalue weighted by Gasteiger charge is -2.18. The van der Waals surface area contributed by atoms with Gasteiger partial charge in [0.25, 0.3) is 0 Å². The van der Waals surface area contributed by atoms with Gasteiger partial charge in [0.1, 0.15) is 11.5 Å². The largest absolute Gasteiger partial charge is 0.493 e. The van der Waals surface area contributed by atoms with Crippen molar-refractivity contribution in [3.05, 3.63) is 47.6 Å². The Morgan fingerprint density at radius 2 is 1.02 bits per heavy atom. The molecule has 1 aromatic rings. The number of ether oxygens (including phenoxy) is 5. The molecule has 338 valence electrons. The van der Waals surface area contributed by atoms with Crippen LogP contribution in [0.15, 0.2) is 36.4 Å². The van der Waals surface area contributed by atoms with E-state index in [-0.39, 0.29) is 43.5 Å². The molecule has 0 aliphatic rings. The lowest BCUT2D eigenvalue weighted by molar-refractivity contribution is -0.149. The van der Waals surface area contributed by atoms with Crippen LogP contribution in [0.5, 0.6) is 11.5 Å². The van der Waals surface area contributed by atoms with E-state index in [2.05, 4.69) is 83.1 Å². The first-order chi connectivity index (χ1) is 28.7. The minimum Gasteiger partial charge on any atom is -0.493 e. The van der Waals surface area contributed by atoms with Gasteiger partial charge in [-0.15, -0.1) is 0 Å². The van der Waals surface area contributed by atoms with Gasteiger partial charge in [-0.3, -0.25) is 14.4 Å². The van der Waals surface area contributed by atoms with E-state index in [0.717, 1.165) is 87.0 Å². The van der Waals surface area contributed by atoms with Crippen molar-refractivity contribution >= 4 is 17.9 Å². The zero-order chi connectivity index (χ0) is 43.2. The minimum absolute atomic E-state index is 0.121. The highest BCUT2D eigenvalue weighted by atomic mass is 16.5. The fourth-order valence-electron chi connectivity index (χ4n) is 6.53. The number of carbonyl (C=O) groups is 3. The summed E-state index contributed by atoms with van der Waals surface area (Å²) in [5, 5.41) is 0. The van der Waals surface area contributed by atoms with E-state index in [1.165, 1.54) is 64.2 Å². The SMILES string of the molecule is CCCCCC=CCC=CCCCCCCCCOc1cc(CN(C)C)cc(OCCCCOC(=O)CCC(COC(=O)CCCCC)COC(=O)CCCCC)c1C. The summed E-state index contributed by atoms with van der Waals surface area (Å²) in [5.74, 6) is 0.630. The average molecular weight is 828 g/mol. The molecule has 9 heteroatoms. The van der Waals surface area contributed by atoms with E-state index in [0.29, 0.717) is 45.5 Å². The second kappa shape index (κ2) is 37.7. The molecule has 0 heterocycles. The summed E-state index contributed by atoms with van der Waals surface area (Å²) in [6, 6.07) is 4.24. The third kappa shape index (κ3) is 31.2. The first-order valence-electron chi connectivity index (χ1n) is 23.5. The molecule has 0 unspecified atom stereocenters. The van der Waals surface area contributed by atoms with E-state index in [1.807, 2.05) is 0 Å². The first kappa shape index (κ1) is 53.7. The fraction of sp³-hybridized carbons (Fsp3) is 0.740. The summed E-state index contributed by atoms with van der Waals surface area (Å²) in [4.78, 5) is 39.1. The Morgan fingerprint density at radius 1 is 0.559 bits per heavy atom. The molecule has 0 spiro atoms. The summed E-state index contributed by atoms with van der Waals surface area (Å²) >= 11 is 0. The number of hydrogen-bond donors (Lipinski definition) is 0. The molecule has 0 N–H and O–H groups in total. The van der Waals surface area contributed by atoms with Crippen LogP contribution in [0, 0.1) is 12.8 Å². The van der Waals surface area contributed by atoms with Crippen molar-refractivity contribution in [1.82, 2.24) is 4.90 Å². The van der Waals surface area contributed by atoms with E-state index in [4.69, 9.17) is 23.7 Å². The van der Waals surface area contributed by atoms with Crippen molar-refractivity contribution in [2.75, 3.05) is 47.1 Å². The molecule has 0 fully saturated rings. The summed E-state index contributed by atoms with van der Waals surface area (Å²) in [7, 11) is 4.11. The lowest BCUT2D eigenvalue weighted by atomic mass is 10.1. The monoisotopic (exact) mass is 828 g/mol. The highest BCUT2D eigenvalue weighted by molar-refractivity contribution is 5.70. The van der Waals surface area contributed by atoms with Gasteiger partial charge in [-0.2, -0.15) is 0 Å². The molecule has 0 amide bonds. The summed E-state index contributed by atoms with van der Waals surface area (Å²) in [5.41, 5.74) is 2.15. The van der Waals surface area contributed by atoms with Crippen LogP contribution >= 0.6 is 0 Å². The Labute approximate surface area is 360 Å².